The molecule has 94 valence electrons. The van der Waals surface area contributed by atoms with Crippen molar-refractivity contribution in [1.82, 2.24) is 0 Å². The summed E-state index contributed by atoms with van der Waals surface area (Å²) >= 11 is 0. The average molecular weight is 245 g/mol. The molecule has 0 saturated heterocycles. The van der Waals surface area contributed by atoms with Gasteiger partial charge in [0.25, 0.3) is 0 Å². The molecule has 0 aliphatic heterocycles. The zero-order valence-corrected chi connectivity index (χ0v) is 9.97. The first-order valence-corrected chi connectivity index (χ1v) is 5.39. The van der Waals surface area contributed by atoms with Gasteiger partial charge in [-0.2, -0.15) is 0 Å². The first kappa shape index (κ1) is 11.9. The summed E-state index contributed by atoms with van der Waals surface area (Å²) < 4.78 is 5.52. The van der Waals surface area contributed by atoms with E-state index in [0.29, 0.717) is 22.8 Å². The van der Waals surface area contributed by atoms with Gasteiger partial charge in [0, 0.05) is 23.5 Å². The van der Waals surface area contributed by atoms with Crippen LogP contribution in [-0.4, -0.2) is 5.11 Å². The first-order valence-electron chi connectivity index (χ1n) is 5.39. The quantitative estimate of drug-likeness (QED) is 0.479. The highest BCUT2D eigenvalue weighted by molar-refractivity contribution is 5.65. The maximum Gasteiger partial charge on any atom is 0.171 e. The second-order valence-electron chi connectivity index (χ2n) is 4.08. The molecule has 2 aromatic rings. The normalized spacial score (nSPS) is 10.3. The monoisotopic (exact) mass is 245 g/mol. The Morgan fingerprint density at radius 3 is 2.39 bits per heavy atom. The average Bonchev–Trinajstić information content (AvgIpc) is 2.30. The first-order chi connectivity index (χ1) is 8.47. The van der Waals surface area contributed by atoms with Crippen LogP contribution in [0.4, 0.5) is 17.1 Å². The third kappa shape index (κ3) is 2.24. The number of nitrogens with two attached hydrogens (primary N) is 3. The molecule has 0 amide bonds. The minimum atomic E-state index is -0.0113. The van der Waals surface area contributed by atoms with Gasteiger partial charge in [-0.25, -0.2) is 0 Å². The standard InChI is InChI=1S/C13H15N3O2/c1-7-4-10(16)12(6-9(7)15)18-13-5-8(14)2-3-11(13)17/h2-6,17H,14-16H2,1H3. The van der Waals surface area contributed by atoms with Gasteiger partial charge in [0.05, 0.1) is 5.69 Å². The molecule has 2 aromatic carbocycles. The highest BCUT2D eigenvalue weighted by Crippen LogP contribution is 2.36. The number of hydrogen-bond acceptors (Lipinski definition) is 5. The van der Waals surface area contributed by atoms with E-state index in [9.17, 15) is 5.11 Å². The Bertz CT molecular complexity index is 597. The third-order valence-electron chi connectivity index (χ3n) is 2.60. The van der Waals surface area contributed by atoms with Gasteiger partial charge in [-0.15, -0.1) is 0 Å². The molecule has 0 saturated carbocycles. The van der Waals surface area contributed by atoms with Crippen LogP contribution in [-0.2, 0) is 0 Å². The molecular formula is C13H15N3O2. The van der Waals surface area contributed by atoms with Gasteiger partial charge in [0.15, 0.2) is 17.2 Å². The van der Waals surface area contributed by atoms with Gasteiger partial charge < -0.3 is 27.0 Å². The van der Waals surface area contributed by atoms with Crippen LogP contribution >= 0.6 is 0 Å². The number of phenolic OH excluding ortho intramolecular Hbond substituents is 1. The SMILES string of the molecule is Cc1cc(N)c(Oc2cc(N)ccc2O)cc1N. The Morgan fingerprint density at radius 1 is 0.944 bits per heavy atom. The topological polar surface area (TPSA) is 108 Å². The lowest BCUT2D eigenvalue weighted by molar-refractivity contribution is 0.412. The van der Waals surface area contributed by atoms with E-state index in [4.69, 9.17) is 21.9 Å². The summed E-state index contributed by atoms with van der Waals surface area (Å²) in [5, 5.41) is 9.66. The van der Waals surface area contributed by atoms with Gasteiger partial charge in [0.1, 0.15) is 0 Å². The van der Waals surface area contributed by atoms with E-state index < -0.39 is 0 Å². The minimum absolute atomic E-state index is 0.0113. The maximum absolute atomic E-state index is 9.66. The Hall–Kier alpha value is -2.56. The van der Waals surface area contributed by atoms with E-state index in [0.717, 1.165) is 5.56 Å². The summed E-state index contributed by atoms with van der Waals surface area (Å²) in [4.78, 5) is 0. The van der Waals surface area contributed by atoms with Crippen LogP contribution in [0, 0.1) is 6.92 Å². The molecule has 5 heteroatoms. The molecule has 0 aliphatic rings. The van der Waals surface area contributed by atoms with Crippen molar-refractivity contribution in [3.8, 4) is 17.2 Å². The van der Waals surface area contributed by atoms with E-state index in [1.54, 1.807) is 18.2 Å². The Morgan fingerprint density at radius 2 is 1.67 bits per heavy atom. The summed E-state index contributed by atoms with van der Waals surface area (Å²) in [5.41, 5.74) is 19.6. The number of anilines is 3. The maximum atomic E-state index is 9.66. The van der Waals surface area contributed by atoms with Gasteiger partial charge >= 0.3 is 0 Å². The highest BCUT2D eigenvalue weighted by Gasteiger charge is 2.09. The summed E-state index contributed by atoms with van der Waals surface area (Å²) in [6.45, 7) is 1.85. The van der Waals surface area contributed by atoms with Crippen molar-refractivity contribution < 1.29 is 9.84 Å². The Kier molecular flexibility index (Phi) is 2.89. The number of rotatable bonds is 2. The number of ether oxygens (including phenoxy) is 1. The van der Waals surface area contributed by atoms with Gasteiger partial charge in [-0.3, -0.25) is 0 Å². The van der Waals surface area contributed by atoms with Gasteiger partial charge in [-0.1, -0.05) is 0 Å². The van der Waals surface area contributed by atoms with E-state index in [1.807, 2.05) is 6.92 Å². The van der Waals surface area contributed by atoms with Crippen molar-refractivity contribution in [3.63, 3.8) is 0 Å². The molecule has 7 N–H and O–H groups in total. The number of hydrogen-bond donors (Lipinski definition) is 4. The lowest BCUT2D eigenvalue weighted by Crippen LogP contribution is -1.97. The summed E-state index contributed by atoms with van der Waals surface area (Å²) in [6.07, 6.45) is 0. The molecule has 0 atom stereocenters. The summed E-state index contributed by atoms with van der Waals surface area (Å²) in [6, 6.07) is 7.89. The van der Waals surface area contributed by atoms with Crippen LogP contribution in [0.2, 0.25) is 0 Å². The molecule has 2 rings (SSSR count). The molecule has 0 spiro atoms. The third-order valence-corrected chi connectivity index (χ3v) is 2.60. The van der Waals surface area contributed by atoms with Crippen LogP contribution in [0.25, 0.3) is 0 Å². The highest BCUT2D eigenvalue weighted by atomic mass is 16.5. The Balaban J connectivity index is 2.40. The molecule has 18 heavy (non-hydrogen) atoms. The number of aromatic hydroxyl groups is 1. The van der Waals surface area contributed by atoms with Crippen LogP contribution in [0.3, 0.4) is 0 Å². The number of benzene rings is 2. The van der Waals surface area contributed by atoms with Gasteiger partial charge in [0.2, 0.25) is 0 Å². The van der Waals surface area contributed by atoms with Crippen molar-refractivity contribution >= 4 is 17.1 Å². The fourth-order valence-corrected chi connectivity index (χ4v) is 1.55. The largest absolute Gasteiger partial charge is 0.504 e. The van der Waals surface area contributed by atoms with E-state index in [1.165, 1.54) is 12.1 Å². The number of nitrogen functional groups attached to an aromatic ring is 3. The molecule has 0 radical (unpaired) electrons. The summed E-state index contributed by atoms with van der Waals surface area (Å²) in [5.74, 6) is 0.617. The molecule has 5 nitrogen and oxygen atoms in total. The fraction of sp³-hybridized carbons (Fsp3) is 0.0769. The minimum Gasteiger partial charge on any atom is -0.504 e. The van der Waals surface area contributed by atoms with Crippen molar-refractivity contribution in [2.24, 2.45) is 0 Å². The molecule has 0 aromatic heterocycles. The number of phenols is 1. The number of aryl methyl sites for hydroxylation is 1. The fourth-order valence-electron chi connectivity index (χ4n) is 1.55. The van der Waals surface area contributed by atoms with Crippen LogP contribution in [0.1, 0.15) is 5.56 Å². The smallest absolute Gasteiger partial charge is 0.171 e. The zero-order chi connectivity index (χ0) is 13.3. The predicted octanol–water partition coefficient (Wildman–Crippen LogP) is 2.24. The van der Waals surface area contributed by atoms with E-state index in [-0.39, 0.29) is 11.5 Å². The molecule has 0 aliphatic carbocycles. The lowest BCUT2D eigenvalue weighted by Gasteiger charge is -2.12. The van der Waals surface area contributed by atoms with Crippen LogP contribution < -0.4 is 21.9 Å². The molecule has 0 heterocycles. The zero-order valence-electron chi connectivity index (χ0n) is 9.97. The van der Waals surface area contributed by atoms with Crippen molar-refractivity contribution in [3.05, 3.63) is 35.9 Å². The molecular weight excluding hydrogens is 230 g/mol. The van der Waals surface area contributed by atoms with Crippen molar-refractivity contribution in [1.29, 1.82) is 0 Å². The van der Waals surface area contributed by atoms with Crippen molar-refractivity contribution in [2.45, 2.75) is 6.92 Å². The Labute approximate surface area is 105 Å². The molecule has 0 bridgehead atoms. The molecule has 0 fully saturated rings. The predicted molar refractivity (Wildman–Crippen MR) is 72.6 cm³/mol. The van der Waals surface area contributed by atoms with E-state index >= 15 is 0 Å². The lowest BCUT2D eigenvalue weighted by atomic mass is 10.1. The van der Waals surface area contributed by atoms with Crippen LogP contribution in [0.5, 0.6) is 17.2 Å². The van der Waals surface area contributed by atoms with Gasteiger partial charge in [-0.05, 0) is 30.7 Å². The van der Waals surface area contributed by atoms with Crippen molar-refractivity contribution in [2.75, 3.05) is 17.2 Å². The van der Waals surface area contributed by atoms with E-state index in [2.05, 4.69) is 0 Å². The molecule has 0 unspecified atom stereocenters. The second-order valence-corrected chi connectivity index (χ2v) is 4.08. The van der Waals surface area contributed by atoms with Crippen LogP contribution in [0.15, 0.2) is 30.3 Å². The second kappa shape index (κ2) is 4.37. The summed E-state index contributed by atoms with van der Waals surface area (Å²) in [7, 11) is 0.